The molecule has 0 aliphatic rings. The molecule has 1 unspecified atom stereocenters. The topological polar surface area (TPSA) is 116 Å². The van der Waals surface area contributed by atoms with Crippen molar-refractivity contribution in [1.29, 1.82) is 0 Å². The number of carbonyl (C=O) groups excluding carboxylic acids is 1. The highest BCUT2D eigenvalue weighted by Gasteiger charge is 2.16. The first kappa shape index (κ1) is 12.0. The Kier molecular flexibility index (Phi) is 4.31. The van der Waals surface area contributed by atoms with Crippen molar-refractivity contribution in [3.05, 3.63) is 18.2 Å². The molecule has 1 aromatic heterocycles. The van der Waals surface area contributed by atoms with Crippen LogP contribution in [-0.4, -0.2) is 33.5 Å². The SMILES string of the molecule is CC(C(=O)NCCc1cnc[nH]1)C(N)=NO. The predicted octanol–water partition coefficient (Wildman–Crippen LogP) is -0.549. The van der Waals surface area contributed by atoms with Crippen molar-refractivity contribution in [3.63, 3.8) is 0 Å². The Morgan fingerprint density at radius 3 is 3.12 bits per heavy atom. The summed E-state index contributed by atoms with van der Waals surface area (Å²) in [6.07, 6.45) is 3.93. The number of aromatic nitrogens is 2. The van der Waals surface area contributed by atoms with E-state index in [1.165, 1.54) is 0 Å². The van der Waals surface area contributed by atoms with Gasteiger partial charge in [-0.15, -0.1) is 0 Å². The zero-order valence-corrected chi connectivity index (χ0v) is 8.97. The minimum atomic E-state index is -0.633. The van der Waals surface area contributed by atoms with E-state index in [9.17, 15) is 4.79 Å². The summed E-state index contributed by atoms with van der Waals surface area (Å²) in [7, 11) is 0. The molecule has 7 heteroatoms. The lowest BCUT2D eigenvalue weighted by atomic mass is 10.1. The van der Waals surface area contributed by atoms with E-state index in [2.05, 4.69) is 20.4 Å². The number of rotatable bonds is 5. The van der Waals surface area contributed by atoms with Crippen LogP contribution >= 0.6 is 0 Å². The molecule has 0 fully saturated rings. The molecule has 1 heterocycles. The van der Waals surface area contributed by atoms with Crippen molar-refractivity contribution < 1.29 is 10.0 Å². The lowest BCUT2D eigenvalue weighted by Gasteiger charge is -2.09. The molecule has 0 aliphatic carbocycles. The molecule has 1 aromatic rings. The van der Waals surface area contributed by atoms with Crippen molar-refractivity contribution in [3.8, 4) is 0 Å². The molecule has 88 valence electrons. The van der Waals surface area contributed by atoms with Crippen LogP contribution < -0.4 is 11.1 Å². The van der Waals surface area contributed by atoms with Gasteiger partial charge in [-0.3, -0.25) is 4.79 Å². The standard InChI is InChI=1S/C9H15N5O2/c1-6(8(10)14-16)9(15)12-3-2-7-4-11-5-13-7/h4-6,16H,2-3H2,1H3,(H2,10,14)(H,11,13)(H,12,15). The summed E-state index contributed by atoms with van der Waals surface area (Å²) in [6.45, 7) is 2.05. The molecule has 1 rings (SSSR count). The maximum Gasteiger partial charge on any atom is 0.230 e. The summed E-state index contributed by atoms with van der Waals surface area (Å²) >= 11 is 0. The van der Waals surface area contributed by atoms with Gasteiger partial charge < -0.3 is 21.2 Å². The highest BCUT2D eigenvalue weighted by molar-refractivity contribution is 6.01. The number of hydrogen-bond acceptors (Lipinski definition) is 4. The third-order valence-electron chi connectivity index (χ3n) is 2.20. The van der Waals surface area contributed by atoms with Gasteiger partial charge in [0, 0.05) is 24.9 Å². The summed E-state index contributed by atoms with van der Waals surface area (Å²) in [4.78, 5) is 18.2. The third kappa shape index (κ3) is 3.26. The smallest absolute Gasteiger partial charge is 0.230 e. The number of amidine groups is 1. The van der Waals surface area contributed by atoms with Crippen molar-refractivity contribution in [1.82, 2.24) is 15.3 Å². The molecule has 0 radical (unpaired) electrons. The van der Waals surface area contributed by atoms with Crippen LogP contribution in [0.2, 0.25) is 0 Å². The lowest BCUT2D eigenvalue weighted by Crippen LogP contribution is -2.38. The molecule has 16 heavy (non-hydrogen) atoms. The molecular weight excluding hydrogens is 210 g/mol. The third-order valence-corrected chi connectivity index (χ3v) is 2.20. The summed E-state index contributed by atoms with van der Waals surface area (Å²) < 4.78 is 0. The Bertz CT molecular complexity index is 360. The van der Waals surface area contributed by atoms with Crippen LogP contribution in [0.3, 0.4) is 0 Å². The van der Waals surface area contributed by atoms with Crippen LogP contribution in [0.25, 0.3) is 0 Å². The second-order valence-electron chi connectivity index (χ2n) is 3.36. The van der Waals surface area contributed by atoms with Gasteiger partial charge >= 0.3 is 0 Å². The predicted molar refractivity (Wildman–Crippen MR) is 57.9 cm³/mol. The maximum absolute atomic E-state index is 11.5. The first-order valence-electron chi connectivity index (χ1n) is 4.87. The summed E-state index contributed by atoms with van der Waals surface area (Å²) in [5, 5.41) is 13.9. The van der Waals surface area contributed by atoms with E-state index < -0.39 is 5.92 Å². The van der Waals surface area contributed by atoms with Gasteiger partial charge in [-0.1, -0.05) is 5.16 Å². The Hall–Kier alpha value is -2.05. The summed E-state index contributed by atoms with van der Waals surface area (Å²) in [5.41, 5.74) is 6.25. The number of amides is 1. The first-order chi connectivity index (χ1) is 7.65. The van der Waals surface area contributed by atoms with Crippen LogP contribution in [0.15, 0.2) is 17.7 Å². The minimum absolute atomic E-state index is 0.0981. The Labute approximate surface area is 92.7 Å². The van der Waals surface area contributed by atoms with Gasteiger partial charge in [0.05, 0.1) is 12.2 Å². The van der Waals surface area contributed by atoms with Gasteiger partial charge in [0.1, 0.15) is 0 Å². The van der Waals surface area contributed by atoms with E-state index in [1.54, 1.807) is 19.4 Å². The van der Waals surface area contributed by atoms with Gasteiger partial charge in [-0.05, 0) is 6.92 Å². The molecule has 0 saturated carbocycles. The number of oxime groups is 1. The van der Waals surface area contributed by atoms with Crippen molar-refractivity contribution in [2.75, 3.05) is 6.54 Å². The molecule has 0 aliphatic heterocycles. The summed E-state index contributed by atoms with van der Waals surface area (Å²) in [6, 6.07) is 0. The monoisotopic (exact) mass is 225 g/mol. The van der Waals surface area contributed by atoms with E-state index in [-0.39, 0.29) is 11.7 Å². The van der Waals surface area contributed by atoms with E-state index in [0.717, 1.165) is 5.69 Å². The van der Waals surface area contributed by atoms with E-state index in [4.69, 9.17) is 10.9 Å². The molecule has 0 saturated heterocycles. The van der Waals surface area contributed by atoms with E-state index >= 15 is 0 Å². The van der Waals surface area contributed by atoms with Gasteiger partial charge in [-0.25, -0.2) is 4.98 Å². The van der Waals surface area contributed by atoms with Crippen LogP contribution in [0.1, 0.15) is 12.6 Å². The lowest BCUT2D eigenvalue weighted by molar-refractivity contribution is -0.122. The number of hydrogen-bond donors (Lipinski definition) is 4. The molecule has 0 spiro atoms. The van der Waals surface area contributed by atoms with Gasteiger partial charge in [0.25, 0.3) is 0 Å². The second kappa shape index (κ2) is 5.74. The van der Waals surface area contributed by atoms with Gasteiger partial charge in [0.2, 0.25) is 5.91 Å². The molecule has 0 aromatic carbocycles. The Morgan fingerprint density at radius 1 is 1.81 bits per heavy atom. The maximum atomic E-state index is 11.5. The van der Waals surface area contributed by atoms with E-state index in [1.807, 2.05) is 0 Å². The van der Waals surface area contributed by atoms with E-state index in [0.29, 0.717) is 13.0 Å². The summed E-state index contributed by atoms with van der Waals surface area (Å²) in [5.74, 6) is -0.999. The van der Waals surface area contributed by atoms with Gasteiger partial charge in [0.15, 0.2) is 5.84 Å². The van der Waals surface area contributed by atoms with Crippen LogP contribution in [-0.2, 0) is 11.2 Å². The highest BCUT2D eigenvalue weighted by Crippen LogP contribution is 1.95. The molecule has 7 nitrogen and oxygen atoms in total. The fraction of sp³-hybridized carbons (Fsp3) is 0.444. The number of nitrogens with two attached hydrogens (primary N) is 1. The Morgan fingerprint density at radius 2 is 2.56 bits per heavy atom. The molecule has 0 bridgehead atoms. The number of nitrogens with zero attached hydrogens (tertiary/aromatic N) is 2. The average Bonchev–Trinajstić information content (AvgIpc) is 2.79. The number of H-pyrrole nitrogens is 1. The number of nitrogens with one attached hydrogen (secondary N) is 2. The zero-order chi connectivity index (χ0) is 12.0. The molecule has 5 N–H and O–H groups in total. The quantitative estimate of drug-likeness (QED) is 0.233. The molecule has 1 atom stereocenters. The molecule has 1 amide bonds. The van der Waals surface area contributed by atoms with Crippen LogP contribution in [0.5, 0.6) is 0 Å². The zero-order valence-electron chi connectivity index (χ0n) is 8.97. The Balaban J connectivity index is 2.30. The van der Waals surface area contributed by atoms with Crippen molar-refractivity contribution in [2.24, 2.45) is 16.8 Å². The fourth-order valence-corrected chi connectivity index (χ4v) is 1.12. The van der Waals surface area contributed by atoms with Crippen LogP contribution in [0, 0.1) is 5.92 Å². The minimum Gasteiger partial charge on any atom is -0.409 e. The number of imidazole rings is 1. The van der Waals surface area contributed by atoms with Crippen molar-refractivity contribution >= 4 is 11.7 Å². The number of carbonyl (C=O) groups is 1. The average molecular weight is 225 g/mol. The fourth-order valence-electron chi connectivity index (χ4n) is 1.12. The normalized spacial score (nSPS) is 13.4. The molecular formula is C9H15N5O2. The van der Waals surface area contributed by atoms with Crippen molar-refractivity contribution in [2.45, 2.75) is 13.3 Å². The first-order valence-corrected chi connectivity index (χ1v) is 4.87. The second-order valence-corrected chi connectivity index (χ2v) is 3.36. The van der Waals surface area contributed by atoms with Gasteiger partial charge in [-0.2, -0.15) is 0 Å². The number of aromatic amines is 1. The largest absolute Gasteiger partial charge is 0.409 e. The highest BCUT2D eigenvalue weighted by atomic mass is 16.4. The van der Waals surface area contributed by atoms with Crippen LogP contribution in [0.4, 0.5) is 0 Å².